The molecule has 0 saturated heterocycles. The molecule has 0 radical (unpaired) electrons. The highest BCUT2D eigenvalue weighted by atomic mass is 14.5. The predicted octanol–water partition coefficient (Wildman–Crippen LogP) is 5.23. The monoisotopic (exact) mass is 236 g/mol. The summed E-state index contributed by atoms with van der Waals surface area (Å²) in [7, 11) is 0. The van der Waals surface area contributed by atoms with Gasteiger partial charge in [0.1, 0.15) is 0 Å². The molecule has 0 spiro atoms. The minimum atomic E-state index is 0.886. The van der Waals surface area contributed by atoms with Gasteiger partial charge in [0.2, 0.25) is 0 Å². The lowest BCUT2D eigenvalue weighted by Gasteiger charge is -2.44. The molecule has 6 unspecified atom stereocenters. The lowest BCUT2D eigenvalue weighted by atomic mass is 9.61. The Balaban J connectivity index is 2.19. The summed E-state index contributed by atoms with van der Waals surface area (Å²) >= 11 is 0. The van der Waals surface area contributed by atoms with E-state index in [0.717, 1.165) is 47.3 Å². The van der Waals surface area contributed by atoms with E-state index in [-0.39, 0.29) is 0 Å². The molecular weight excluding hydrogens is 204 g/mol. The zero-order valence-electron chi connectivity index (χ0n) is 12.7. The molecular formula is C17H32. The minimum absolute atomic E-state index is 0.886. The highest BCUT2D eigenvalue weighted by Crippen LogP contribution is 2.55. The molecule has 0 bridgehead atoms. The van der Waals surface area contributed by atoms with E-state index in [1.165, 1.54) is 19.3 Å². The van der Waals surface area contributed by atoms with Gasteiger partial charge in [0.25, 0.3) is 0 Å². The molecule has 0 heterocycles. The summed E-state index contributed by atoms with van der Waals surface area (Å²) in [6.45, 7) is 14.8. The van der Waals surface area contributed by atoms with Crippen LogP contribution in [0.4, 0.5) is 0 Å². The van der Waals surface area contributed by atoms with Crippen molar-refractivity contribution in [1.82, 2.24) is 0 Å². The number of hydrogen-bond acceptors (Lipinski definition) is 0. The van der Waals surface area contributed by atoms with Crippen LogP contribution in [0.15, 0.2) is 0 Å². The smallest absolute Gasteiger partial charge is 0.0326 e. The van der Waals surface area contributed by atoms with Crippen LogP contribution in [0.2, 0.25) is 0 Å². The van der Waals surface area contributed by atoms with Crippen LogP contribution in [0.25, 0.3) is 0 Å². The van der Waals surface area contributed by atoms with Gasteiger partial charge in [-0.2, -0.15) is 0 Å². The highest BCUT2D eigenvalue weighted by Gasteiger charge is 2.48. The number of hydrogen-bond donors (Lipinski definition) is 0. The fraction of sp³-hybridized carbons (Fsp3) is 1.00. The molecule has 0 heteroatoms. The van der Waals surface area contributed by atoms with Gasteiger partial charge >= 0.3 is 0 Å². The first-order valence-electron chi connectivity index (χ1n) is 7.91. The molecule has 2 rings (SSSR count). The van der Waals surface area contributed by atoms with Crippen molar-refractivity contribution in [3.8, 4) is 0 Å². The molecule has 2 saturated carbocycles. The second-order valence-corrected chi connectivity index (χ2v) is 7.81. The van der Waals surface area contributed by atoms with Gasteiger partial charge in [-0.1, -0.05) is 41.5 Å². The van der Waals surface area contributed by atoms with Crippen LogP contribution in [0.3, 0.4) is 0 Å². The quantitative estimate of drug-likeness (QED) is 0.615. The van der Waals surface area contributed by atoms with E-state index in [0.29, 0.717) is 0 Å². The molecule has 17 heavy (non-hydrogen) atoms. The van der Waals surface area contributed by atoms with Gasteiger partial charge in [-0.15, -0.1) is 0 Å². The second kappa shape index (κ2) is 4.94. The summed E-state index contributed by atoms with van der Waals surface area (Å²) in [4.78, 5) is 0. The van der Waals surface area contributed by atoms with Crippen LogP contribution >= 0.6 is 0 Å². The third-order valence-electron chi connectivity index (χ3n) is 6.07. The van der Waals surface area contributed by atoms with E-state index in [1.54, 1.807) is 0 Å². The fourth-order valence-electron chi connectivity index (χ4n) is 5.06. The second-order valence-electron chi connectivity index (χ2n) is 7.81. The Labute approximate surface area is 109 Å². The van der Waals surface area contributed by atoms with Crippen LogP contribution in [-0.2, 0) is 0 Å². The summed E-state index contributed by atoms with van der Waals surface area (Å²) in [5, 5.41) is 0. The van der Waals surface area contributed by atoms with Gasteiger partial charge in [0.15, 0.2) is 0 Å². The maximum Gasteiger partial charge on any atom is -0.0326 e. The zero-order chi connectivity index (χ0) is 12.7. The van der Waals surface area contributed by atoms with Gasteiger partial charge in [-0.05, 0) is 66.6 Å². The average Bonchev–Trinajstić information content (AvgIpc) is 2.53. The maximum absolute atomic E-state index is 2.52. The van der Waals surface area contributed by atoms with Crippen molar-refractivity contribution in [2.75, 3.05) is 0 Å². The Kier molecular flexibility index (Phi) is 3.90. The molecule has 0 aliphatic heterocycles. The molecule has 6 atom stereocenters. The van der Waals surface area contributed by atoms with E-state index in [9.17, 15) is 0 Å². The summed E-state index contributed by atoms with van der Waals surface area (Å²) < 4.78 is 0. The molecule has 0 aromatic rings. The average molecular weight is 236 g/mol. The van der Waals surface area contributed by atoms with E-state index in [2.05, 4.69) is 41.5 Å². The van der Waals surface area contributed by atoms with Crippen LogP contribution in [0, 0.1) is 47.3 Å². The zero-order valence-corrected chi connectivity index (χ0v) is 12.7. The van der Waals surface area contributed by atoms with Crippen molar-refractivity contribution < 1.29 is 0 Å². The van der Waals surface area contributed by atoms with Crippen LogP contribution < -0.4 is 0 Å². The molecule has 2 aliphatic rings. The Bertz CT molecular complexity index is 253. The Morgan fingerprint density at radius 2 is 1.41 bits per heavy atom. The van der Waals surface area contributed by atoms with Crippen molar-refractivity contribution in [3.63, 3.8) is 0 Å². The van der Waals surface area contributed by atoms with Crippen molar-refractivity contribution in [1.29, 1.82) is 0 Å². The Hall–Kier alpha value is 0. The van der Waals surface area contributed by atoms with Crippen molar-refractivity contribution in [2.45, 2.75) is 60.8 Å². The summed E-state index contributed by atoms with van der Waals surface area (Å²) in [6.07, 6.45) is 4.52. The molecule has 0 aromatic heterocycles. The standard InChI is InChI=1S/C17H32/c1-10(2)14-8-15(11(3)4)17-13(6)7-12(5)16(17)9-14/h10-17H,7-9H2,1-6H3. The summed E-state index contributed by atoms with van der Waals surface area (Å²) in [5.74, 6) is 7.82. The largest absolute Gasteiger partial charge is 0.0625 e. The minimum Gasteiger partial charge on any atom is -0.0625 e. The molecule has 100 valence electrons. The summed E-state index contributed by atoms with van der Waals surface area (Å²) in [5.41, 5.74) is 0. The first kappa shape index (κ1) is 13.4. The van der Waals surface area contributed by atoms with Gasteiger partial charge < -0.3 is 0 Å². The molecule has 0 nitrogen and oxygen atoms in total. The molecule has 2 fully saturated rings. The lowest BCUT2D eigenvalue weighted by Crippen LogP contribution is -2.37. The first-order chi connectivity index (χ1) is 7.91. The fourth-order valence-corrected chi connectivity index (χ4v) is 5.06. The lowest BCUT2D eigenvalue weighted by molar-refractivity contribution is 0.0441. The normalized spacial score (nSPS) is 46.6. The van der Waals surface area contributed by atoms with E-state index in [1.807, 2.05) is 0 Å². The third kappa shape index (κ3) is 2.42. The first-order valence-corrected chi connectivity index (χ1v) is 7.91. The van der Waals surface area contributed by atoms with Crippen LogP contribution in [0.1, 0.15) is 60.8 Å². The molecule has 0 N–H and O–H groups in total. The van der Waals surface area contributed by atoms with Gasteiger partial charge in [-0.3, -0.25) is 0 Å². The van der Waals surface area contributed by atoms with Crippen molar-refractivity contribution in [2.24, 2.45) is 47.3 Å². The predicted molar refractivity (Wildman–Crippen MR) is 75.8 cm³/mol. The number of fused-ring (bicyclic) bond motifs is 1. The van der Waals surface area contributed by atoms with Crippen LogP contribution in [0.5, 0.6) is 0 Å². The van der Waals surface area contributed by atoms with E-state index in [4.69, 9.17) is 0 Å². The highest BCUT2D eigenvalue weighted by molar-refractivity contribution is 4.97. The molecule has 0 amide bonds. The topological polar surface area (TPSA) is 0 Å². The van der Waals surface area contributed by atoms with E-state index >= 15 is 0 Å². The Morgan fingerprint density at radius 1 is 0.765 bits per heavy atom. The summed E-state index contributed by atoms with van der Waals surface area (Å²) in [6, 6.07) is 0. The number of rotatable bonds is 2. The third-order valence-corrected chi connectivity index (χ3v) is 6.07. The van der Waals surface area contributed by atoms with E-state index < -0.39 is 0 Å². The van der Waals surface area contributed by atoms with Crippen molar-refractivity contribution >= 4 is 0 Å². The van der Waals surface area contributed by atoms with Gasteiger partial charge in [0.05, 0.1) is 0 Å². The maximum atomic E-state index is 2.52. The van der Waals surface area contributed by atoms with Crippen LogP contribution in [-0.4, -0.2) is 0 Å². The van der Waals surface area contributed by atoms with Gasteiger partial charge in [0, 0.05) is 0 Å². The Morgan fingerprint density at radius 3 is 1.94 bits per heavy atom. The molecule has 2 aliphatic carbocycles. The van der Waals surface area contributed by atoms with Gasteiger partial charge in [-0.25, -0.2) is 0 Å². The SMILES string of the molecule is CC(C)C1CC(C(C)C)C2C(C)CC(C)C2C1. The van der Waals surface area contributed by atoms with Crippen molar-refractivity contribution in [3.05, 3.63) is 0 Å². The molecule has 0 aromatic carbocycles.